The summed E-state index contributed by atoms with van der Waals surface area (Å²) in [5, 5.41) is 12.2. The lowest BCUT2D eigenvalue weighted by Gasteiger charge is -2.10. The number of ketones is 1. The standard InChI is InChI=1S/C13H15FN2O4/c1-2-20-11(18)6-10(17)8-5-9(14)13(19)16-12(8)15-7-3-4-7/h5,7H,2-4,6H2,1H3,(H2,15,16,19). The Morgan fingerprint density at radius 2 is 2.25 bits per heavy atom. The van der Waals surface area contributed by atoms with Gasteiger partial charge in [0.15, 0.2) is 11.6 Å². The van der Waals surface area contributed by atoms with Gasteiger partial charge in [-0.3, -0.25) is 9.59 Å². The highest BCUT2D eigenvalue weighted by molar-refractivity contribution is 6.08. The first-order valence-corrected chi connectivity index (χ1v) is 6.36. The first-order chi connectivity index (χ1) is 9.51. The number of nitrogens with zero attached hydrogens (tertiary/aromatic N) is 1. The lowest BCUT2D eigenvalue weighted by molar-refractivity contribution is -0.141. The number of pyridine rings is 1. The van der Waals surface area contributed by atoms with Crippen LogP contribution in [0, 0.1) is 5.82 Å². The lowest BCUT2D eigenvalue weighted by Crippen LogP contribution is -2.15. The molecule has 2 N–H and O–H groups in total. The summed E-state index contributed by atoms with van der Waals surface area (Å²) in [5.74, 6) is -2.96. The van der Waals surface area contributed by atoms with Crippen molar-refractivity contribution in [2.75, 3.05) is 11.9 Å². The maximum absolute atomic E-state index is 13.3. The summed E-state index contributed by atoms with van der Waals surface area (Å²) in [6.45, 7) is 1.80. The number of nitrogens with one attached hydrogen (secondary N) is 1. The van der Waals surface area contributed by atoms with E-state index in [2.05, 4.69) is 15.0 Å². The summed E-state index contributed by atoms with van der Waals surface area (Å²) in [7, 11) is 0. The minimum atomic E-state index is -1.00. The number of rotatable bonds is 6. The molecule has 0 saturated heterocycles. The third-order valence-corrected chi connectivity index (χ3v) is 2.79. The second-order valence-electron chi connectivity index (χ2n) is 4.51. The lowest BCUT2D eigenvalue weighted by atomic mass is 10.1. The van der Waals surface area contributed by atoms with Crippen LogP contribution in [-0.4, -0.2) is 34.5 Å². The predicted molar refractivity (Wildman–Crippen MR) is 68.1 cm³/mol. The Morgan fingerprint density at radius 1 is 1.55 bits per heavy atom. The molecule has 108 valence electrons. The third kappa shape index (κ3) is 3.43. The zero-order chi connectivity index (χ0) is 14.7. The average molecular weight is 282 g/mol. The molecule has 1 aromatic heterocycles. The highest BCUT2D eigenvalue weighted by atomic mass is 19.1. The largest absolute Gasteiger partial charge is 0.491 e. The molecule has 0 radical (unpaired) electrons. The van der Waals surface area contributed by atoms with Gasteiger partial charge in [-0.1, -0.05) is 0 Å². The van der Waals surface area contributed by atoms with Crippen LogP contribution >= 0.6 is 0 Å². The summed E-state index contributed by atoms with van der Waals surface area (Å²) in [5.41, 5.74) is -0.0553. The number of esters is 1. The maximum atomic E-state index is 13.3. The van der Waals surface area contributed by atoms with E-state index in [1.807, 2.05) is 0 Å². The molecule has 20 heavy (non-hydrogen) atoms. The zero-order valence-electron chi connectivity index (χ0n) is 11.0. The molecule has 1 saturated carbocycles. The van der Waals surface area contributed by atoms with Crippen LogP contribution in [0.1, 0.15) is 36.5 Å². The Balaban J connectivity index is 2.21. The van der Waals surface area contributed by atoms with Crippen LogP contribution in [0.3, 0.4) is 0 Å². The van der Waals surface area contributed by atoms with E-state index >= 15 is 0 Å². The van der Waals surface area contributed by atoms with E-state index in [9.17, 15) is 19.1 Å². The second kappa shape index (κ2) is 5.85. The highest BCUT2D eigenvalue weighted by Crippen LogP contribution is 2.28. The van der Waals surface area contributed by atoms with E-state index in [4.69, 9.17) is 0 Å². The van der Waals surface area contributed by atoms with Crippen molar-refractivity contribution in [1.29, 1.82) is 0 Å². The molecule has 1 heterocycles. The number of ether oxygens (including phenoxy) is 1. The molecular weight excluding hydrogens is 267 g/mol. The molecule has 0 aliphatic heterocycles. The molecule has 6 nitrogen and oxygen atoms in total. The maximum Gasteiger partial charge on any atom is 0.313 e. The van der Waals surface area contributed by atoms with Crippen LogP contribution < -0.4 is 5.32 Å². The summed E-state index contributed by atoms with van der Waals surface area (Å²) in [6.07, 6.45) is 1.36. The monoisotopic (exact) mass is 282 g/mol. The van der Waals surface area contributed by atoms with E-state index < -0.39 is 29.9 Å². The molecule has 7 heteroatoms. The van der Waals surface area contributed by atoms with E-state index in [0.29, 0.717) is 0 Å². The van der Waals surface area contributed by atoms with Gasteiger partial charge in [-0.15, -0.1) is 0 Å². The van der Waals surface area contributed by atoms with Gasteiger partial charge >= 0.3 is 5.97 Å². The fraction of sp³-hybridized carbons (Fsp3) is 0.462. The van der Waals surface area contributed by atoms with Crippen molar-refractivity contribution in [1.82, 2.24) is 4.98 Å². The van der Waals surface area contributed by atoms with Crippen LogP contribution in [0.2, 0.25) is 0 Å². The molecule has 0 unspecified atom stereocenters. The van der Waals surface area contributed by atoms with E-state index in [-0.39, 0.29) is 24.0 Å². The molecule has 2 rings (SSSR count). The van der Waals surface area contributed by atoms with Gasteiger partial charge in [-0.25, -0.2) is 4.39 Å². The average Bonchev–Trinajstić information content (AvgIpc) is 3.17. The van der Waals surface area contributed by atoms with Gasteiger partial charge in [0.25, 0.3) is 0 Å². The van der Waals surface area contributed by atoms with E-state index in [1.54, 1.807) is 6.92 Å². The van der Waals surface area contributed by atoms with Crippen LogP contribution in [0.25, 0.3) is 0 Å². The third-order valence-electron chi connectivity index (χ3n) is 2.79. The normalized spacial score (nSPS) is 13.9. The number of hydrogen-bond donors (Lipinski definition) is 2. The quantitative estimate of drug-likeness (QED) is 0.468. The zero-order valence-corrected chi connectivity index (χ0v) is 11.0. The molecule has 1 fully saturated rings. The topological polar surface area (TPSA) is 88.5 Å². The number of halogens is 1. The van der Waals surface area contributed by atoms with Crippen molar-refractivity contribution in [3.05, 3.63) is 17.4 Å². The van der Waals surface area contributed by atoms with Gasteiger partial charge in [0, 0.05) is 6.04 Å². The number of Topliss-reactive ketones (excluding diaryl/α,β-unsaturated/α-hetero) is 1. The van der Waals surface area contributed by atoms with Crippen LogP contribution in [0.15, 0.2) is 6.07 Å². The van der Waals surface area contributed by atoms with Gasteiger partial charge in [-0.2, -0.15) is 4.98 Å². The fourth-order valence-electron chi connectivity index (χ4n) is 1.66. The summed E-state index contributed by atoms with van der Waals surface area (Å²) in [4.78, 5) is 26.9. The highest BCUT2D eigenvalue weighted by Gasteiger charge is 2.26. The van der Waals surface area contributed by atoms with Crippen molar-refractivity contribution in [3.63, 3.8) is 0 Å². The Labute approximate surface area is 115 Å². The molecule has 0 spiro atoms. The molecule has 1 aliphatic rings. The molecular formula is C13H15FN2O4. The summed E-state index contributed by atoms with van der Waals surface area (Å²) < 4.78 is 18.0. The second-order valence-corrected chi connectivity index (χ2v) is 4.51. The van der Waals surface area contributed by atoms with Gasteiger partial charge in [0.2, 0.25) is 5.88 Å². The van der Waals surface area contributed by atoms with Crippen LogP contribution in [-0.2, 0) is 9.53 Å². The van der Waals surface area contributed by atoms with Crippen molar-refractivity contribution in [3.8, 4) is 5.88 Å². The summed E-state index contributed by atoms with van der Waals surface area (Å²) >= 11 is 0. The minimum absolute atomic E-state index is 0.0553. The molecule has 0 atom stereocenters. The summed E-state index contributed by atoms with van der Waals surface area (Å²) in [6, 6.07) is 1.05. The van der Waals surface area contributed by atoms with Crippen molar-refractivity contribution < 1.29 is 23.8 Å². The first-order valence-electron chi connectivity index (χ1n) is 6.36. The van der Waals surface area contributed by atoms with Gasteiger partial charge < -0.3 is 15.2 Å². The number of aromatic hydroxyl groups is 1. The van der Waals surface area contributed by atoms with Gasteiger partial charge in [0.05, 0.1) is 12.2 Å². The van der Waals surface area contributed by atoms with Gasteiger partial charge in [0.1, 0.15) is 12.2 Å². The van der Waals surface area contributed by atoms with E-state index in [0.717, 1.165) is 18.9 Å². The number of anilines is 1. The first kappa shape index (κ1) is 14.2. The van der Waals surface area contributed by atoms with Crippen LogP contribution in [0.4, 0.5) is 10.2 Å². The van der Waals surface area contributed by atoms with Crippen LogP contribution in [0.5, 0.6) is 5.88 Å². The molecule has 0 bridgehead atoms. The Kier molecular flexibility index (Phi) is 4.16. The number of carbonyl (C=O) groups excluding carboxylic acids is 2. The Morgan fingerprint density at radius 3 is 2.85 bits per heavy atom. The van der Waals surface area contributed by atoms with E-state index in [1.165, 1.54) is 0 Å². The molecule has 0 amide bonds. The minimum Gasteiger partial charge on any atom is -0.491 e. The van der Waals surface area contributed by atoms with Crippen molar-refractivity contribution in [2.45, 2.75) is 32.2 Å². The predicted octanol–water partition coefficient (Wildman–Crippen LogP) is 1.64. The molecule has 0 aromatic carbocycles. The SMILES string of the molecule is CCOC(=O)CC(=O)c1cc(F)c(O)nc1NC1CC1. The fourth-order valence-corrected chi connectivity index (χ4v) is 1.66. The number of aromatic nitrogens is 1. The molecule has 1 aromatic rings. The Hall–Kier alpha value is -2.18. The molecule has 1 aliphatic carbocycles. The van der Waals surface area contributed by atoms with Crippen molar-refractivity contribution >= 4 is 17.6 Å². The number of hydrogen-bond acceptors (Lipinski definition) is 6. The number of carbonyl (C=O) groups is 2. The smallest absolute Gasteiger partial charge is 0.313 e. The Bertz CT molecular complexity index is 543. The van der Waals surface area contributed by atoms with Gasteiger partial charge in [-0.05, 0) is 25.8 Å². The van der Waals surface area contributed by atoms with Crippen molar-refractivity contribution in [2.24, 2.45) is 0 Å².